The lowest BCUT2D eigenvalue weighted by atomic mass is 10.0. The van der Waals surface area contributed by atoms with Gasteiger partial charge in [0, 0.05) is 22.3 Å². The van der Waals surface area contributed by atoms with Crippen molar-refractivity contribution in [3.8, 4) is 0 Å². The molecule has 1 fully saturated rings. The fraction of sp³-hybridized carbons (Fsp3) is 0.500. The van der Waals surface area contributed by atoms with Gasteiger partial charge in [-0.2, -0.15) is 0 Å². The summed E-state index contributed by atoms with van der Waals surface area (Å²) in [7, 11) is 0. The van der Waals surface area contributed by atoms with Gasteiger partial charge < -0.3 is 10.1 Å². The number of rotatable bonds is 4. The van der Waals surface area contributed by atoms with Gasteiger partial charge in [0.15, 0.2) is 0 Å². The molecule has 2 rings (SSSR count). The van der Waals surface area contributed by atoms with Crippen LogP contribution in [-0.4, -0.2) is 18.6 Å². The van der Waals surface area contributed by atoms with E-state index in [2.05, 4.69) is 27.9 Å². The zero-order valence-electron chi connectivity index (χ0n) is 10.3. The Hall–Kier alpha value is -0.620. The number of ether oxygens (including phenoxy) is 1. The smallest absolute Gasteiger partial charge is 0.224 e. The minimum atomic E-state index is 0.0752. The number of benzene rings is 1. The molecule has 1 atom stereocenters. The highest BCUT2D eigenvalue weighted by Gasteiger charge is 2.15. The second-order valence-corrected chi connectivity index (χ2v) is 5.83. The van der Waals surface area contributed by atoms with Crippen LogP contribution < -0.4 is 5.32 Å². The molecular formula is C14H18INO2. The lowest BCUT2D eigenvalue weighted by Crippen LogP contribution is -2.21. The number of amides is 1. The molecule has 4 heteroatoms. The number of hydrogen-bond acceptors (Lipinski definition) is 2. The summed E-state index contributed by atoms with van der Waals surface area (Å²) in [6, 6.07) is 7.83. The second kappa shape index (κ2) is 7.09. The number of carbonyl (C=O) groups excluding carboxylic acids is 1. The van der Waals surface area contributed by atoms with Gasteiger partial charge in [-0.1, -0.05) is 6.07 Å². The van der Waals surface area contributed by atoms with Gasteiger partial charge in [-0.15, -0.1) is 0 Å². The number of anilines is 1. The second-order valence-electron chi connectivity index (χ2n) is 4.59. The lowest BCUT2D eigenvalue weighted by Gasteiger charge is -2.22. The SMILES string of the molecule is O=C(CCC1CCCCO1)Nc1cccc(I)c1. The predicted octanol–water partition coefficient (Wildman–Crippen LogP) is 3.58. The highest BCUT2D eigenvalue weighted by Crippen LogP contribution is 2.18. The monoisotopic (exact) mass is 359 g/mol. The summed E-state index contributed by atoms with van der Waals surface area (Å²) in [5.41, 5.74) is 0.872. The molecule has 1 saturated heterocycles. The molecule has 1 unspecified atom stereocenters. The van der Waals surface area contributed by atoms with E-state index in [1.165, 1.54) is 6.42 Å². The van der Waals surface area contributed by atoms with Gasteiger partial charge >= 0.3 is 0 Å². The van der Waals surface area contributed by atoms with E-state index in [4.69, 9.17) is 4.74 Å². The van der Waals surface area contributed by atoms with Gasteiger partial charge in [0.2, 0.25) is 5.91 Å². The van der Waals surface area contributed by atoms with Crippen LogP contribution in [0.1, 0.15) is 32.1 Å². The Labute approximate surface area is 121 Å². The Morgan fingerprint density at radius 2 is 2.33 bits per heavy atom. The lowest BCUT2D eigenvalue weighted by molar-refractivity contribution is -0.117. The molecular weight excluding hydrogens is 341 g/mol. The molecule has 1 aliphatic heterocycles. The maximum absolute atomic E-state index is 11.8. The van der Waals surface area contributed by atoms with Crippen LogP contribution >= 0.6 is 22.6 Å². The van der Waals surface area contributed by atoms with Gasteiger partial charge in [-0.05, 0) is 66.5 Å². The van der Waals surface area contributed by atoms with Crippen molar-refractivity contribution < 1.29 is 9.53 Å². The molecule has 0 saturated carbocycles. The van der Waals surface area contributed by atoms with Crippen LogP contribution in [0.25, 0.3) is 0 Å². The molecule has 1 N–H and O–H groups in total. The first-order chi connectivity index (χ1) is 8.74. The Bertz CT molecular complexity index is 403. The fourth-order valence-electron chi connectivity index (χ4n) is 2.12. The van der Waals surface area contributed by atoms with E-state index >= 15 is 0 Å². The van der Waals surface area contributed by atoms with Gasteiger partial charge in [-0.3, -0.25) is 4.79 Å². The van der Waals surface area contributed by atoms with Crippen LogP contribution in [0.3, 0.4) is 0 Å². The largest absolute Gasteiger partial charge is 0.378 e. The molecule has 1 aromatic carbocycles. The maximum Gasteiger partial charge on any atom is 0.224 e. The van der Waals surface area contributed by atoms with Crippen LogP contribution in [-0.2, 0) is 9.53 Å². The Morgan fingerprint density at radius 3 is 3.06 bits per heavy atom. The minimum Gasteiger partial charge on any atom is -0.378 e. The topological polar surface area (TPSA) is 38.3 Å². The van der Waals surface area contributed by atoms with Crippen molar-refractivity contribution in [1.82, 2.24) is 0 Å². The fourth-order valence-corrected chi connectivity index (χ4v) is 2.66. The number of halogens is 1. The molecule has 0 aromatic heterocycles. The first kappa shape index (κ1) is 13.8. The van der Waals surface area contributed by atoms with E-state index in [1.807, 2.05) is 24.3 Å². The molecule has 1 amide bonds. The van der Waals surface area contributed by atoms with E-state index in [-0.39, 0.29) is 12.0 Å². The number of hydrogen-bond donors (Lipinski definition) is 1. The van der Waals surface area contributed by atoms with Crippen molar-refractivity contribution >= 4 is 34.2 Å². The third kappa shape index (κ3) is 4.57. The normalized spacial score (nSPS) is 19.5. The van der Waals surface area contributed by atoms with E-state index in [9.17, 15) is 4.79 Å². The third-order valence-electron chi connectivity index (χ3n) is 3.08. The molecule has 3 nitrogen and oxygen atoms in total. The summed E-state index contributed by atoms with van der Waals surface area (Å²) < 4.78 is 6.74. The van der Waals surface area contributed by atoms with E-state index in [0.717, 1.165) is 35.1 Å². The van der Waals surface area contributed by atoms with Crippen LogP contribution in [0.5, 0.6) is 0 Å². The van der Waals surface area contributed by atoms with Crippen molar-refractivity contribution in [3.05, 3.63) is 27.8 Å². The third-order valence-corrected chi connectivity index (χ3v) is 3.75. The van der Waals surface area contributed by atoms with Gasteiger partial charge in [0.25, 0.3) is 0 Å². The van der Waals surface area contributed by atoms with Crippen LogP contribution in [0.4, 0.5) is 5.69 Å². The Morgan fingerprint density at radius 1 is 1.44 bits per heavy atom. The van der Waals surface area contributed by atoms with Gasteiger partial charge in [0.1, 0.15) is 0 Å². The average molecular weight is 359 g/mol. The van der Waals surface area contributed by atoms with E-state index < -0.39 is 0 Å². The quantitative estimate of drug-likeness (QED) is 0.835. The van der Waals surface area contributed by atoms with Crippen LogP contribution in [0.2, 0.25) is 0 Å². The molecule has 98 valence electrons. The summed E-state index contributed by atoms with van der Waals surface area (Å²) in [6.45, 7) is 0.850. The molecule has 0 aliphatic carbocycles. The summed E-state index contributed by atoms with van der Waals surface area (Å²) in [4.78, 5) is 11.8. The molecule has 18 heavy (non-hydrogen) atoms. The van der Waals surface area contributed by atoms with Crippen molar-refractivity contribution in [2.45, 2.75) is 38.2 Å². The van der Waals surface area contributed by atoms with Gasteiger partial charge in [-0.25, -0.2) is 0 Å². The predicted molar refractivity (Wildman–Crippen MR) is 80.6 cm³/mol. The number of carbonyl (C=O) groups is 1. The minimum absolute atomic E-state index is 0.0752. The maximum atomic E-state index is 11.8. The van der Waals surface area contributed by atoms with Gasteiger partial charge in [0.05, 0.1) is 6.10 Å². The zero-order valence-corrected chi connectivity index (χ0v) is 12.5. The number of nitrogens with one attached hydrogen (secondary N) is 1. The van der Waals surface area contributed by atoms with Crippen molar-refractivity contribution in [3.63, 3.8) is 0 Å². The Balaban J connectivity index is 1.74. The highest BCUT2D eigenvalue weighted by atomic mass is 127. The summed E-state index contributed by atoms with van der Waals surface area (Å²) in [6.07, 6.45) is 5.12. The van der Waals surface area contributed by atoms with E-state index in [0.29, 0.717) is 6.42 Å². The first-order valence-corrected chi connectivity index (χ1v) is 7.49. The standard InChI is InChI=1S/C14H18INO2/c15-11-4-3-5-12(10-11)16-14(17)8-7-13-6-1-2-9-18-13/h3-5,10,13H,1-2,6-9H2,(H,16,17). The summed E-state index contributed by atoms with van der Waals surface area (Å²) in [5, 5.41) is 2.92. The first-order valence-electron chi connectivity index (χ1n) is 6.41. The summed E-state index contributed by atoms with van der Waals surface area (Å²) in [5.74, 6) is 0.0752. The van der Waals surface area contributed by atoms with Crippen molar-refractivity contribution in [2.75, 3.05) is 11.9 Å². The summed E-state index contributed by atoms with van der Waals surface area (Å²) >= 11 is 2.24. The molecule has 1 aliphatic rings. The highest BCUT2D eigenvalue weighted by molar-refractivity contribution is 14.1. The molecule has 0 bridgehead atoms. The molecule has 0 radical (unpaired) electrons. The Kier molecular flexibility index (Phi) is 5.44. The average Bonchev–Trinajstić information content (AvgIpc) is 2.38. The zero-order chi connectivity index (χ0) is 12.8. The molecule has 0 spiro atoms. The molecule has 1 heterocycles. The molecule has 1 aromatic rings. The van der Waals surface area contributed by atoms with E-state index in [1.54, 1.807) is 0 Å². The van der Waals surface area contributed by atoms with Crippen molar-refractivity contribution in [1.29, 1.82) is 0 Å². The van der Waals surface area contributed by atoms with Crippen LogP contribution in [0, 0.1) is 3.57 Å². The van der Waals surface area contributed by atoms with Crippen LogP contribution in [0.15, 0.2) is 24.3 Å². The van der Waals surface area contributed by atoms with Crippen molar-refractivity contribution in [2.24, 2.45) is 0 Å².